The summed E-state index contributed by atoms with van der Waals surface area (Å²) >= 11 is 1.59. The van der Waals surface area contributed by atoms with Crippen LogP contribution in [-0.4, -0.2) is 44.5 Å². The summed E-state index contributed by atoms with van der Waals surface area (Å²) in [6, 6.07) is 0. The maximum atomic E-state index is 11.2. The van der Waals surface area contributed by atoms with Crippen molar-refractivity contribution in [1.82, 2.24) is 0 Å². The van der Waals surface area contributed by atoms with Gasteiger partial charge in [-0.05, 0) is 12.2 Å². The molecule has 96 valence electrons. The molecule has 0 saturated carbocycles. The monoisotopic (exact) mass is 268 g/mol. The van der Waals surface area contributed by atoms with E-state index in [2.05, 4.69) is 4.74 Å². The number of carbonyl (C=O) groups excluding carboxylic acids is 1. The first-order valence-electron chi connectivity index (χ1n) is 5.29. The Morgan fingerprint density at radius 2 is 2.06 bits per heavy atom. The fourth-order valence-corrected chi connectivity index (χ4v) is 3.11. The van der Waals surface area contributed by atoms with Gasteiger partial charge < -0.3 is 4.74 Å². The first-order chi connectivity index (χ1) is 7.43. The molecule has 6 heteroatoms. The molecule has 0 amide bonds. The van der Waals surface area contributed by atoms with Crippen molar-refractivity contribution < 1.29 is 17.9 Å². The van der Waals surface area contributed by atoms with E-state index in [1.807, 2.05) is 6.92 Å². The maximum Gasteiger partial charge on any atom is 0.309 e. The van der Waals surface area contributed by atoms with Gasteiger partial charge >= 0.3 is 5.97 Å². The van der Waals surface area contributed by atoms with Crippen LogP contribution in [-0.2, 0) is 19.4 Å². The molecule has 0 aromatic carbocycles. The number of sulfone groups is 1. The second kappa shape index (κ2) is 7.95. The molecule has 0 aromatic heterocycles. The number of carbonyl (C=O) groups is 1. The number of rotatable bonds is 8. The topological polar surface area (TPSA) is 60.4 Å². The van der Waals surface area contributed by atoms with Crippen LogP contribution >= 0.6 is 11.8 Å². The largest absolute Gasteiger partial charge is 0.469 e. The van der Waals surface area contributed by atoms with Gasteiger partial charge in [-0.2, -0.15) is 11.8 Å². The van der Waals surface area contributed by atoms with E-state index in [0.29, 0.717) is 12.2 Å². The molecule has 0 aliphatic heterocycles. The minimum Gasteiger partial charge on any atom is -0.469 e. The molecule has 0 heterocycles. The Kier molecular flexibility index (Phi) is 7.83. The Hall–Kier alpha value is -0.230. The molecule has 0 saturated heterocycles. The molecule has 0 aliphatic carbocycles. The van der Waals surface area contributed by atoms with Crippen LogP contribution in [0.2, 0.25) is 0 Å². The highest BCUT2D eigenvalue weighted by molar-refractivity contribution is 7.99. The lowest BCUT2D eigenvalue weighted by atomic mass is 10.2. The zero-order valence-corrected chi connectivity index (χ0v) is 11.7. The summed E-state index contributed by atoms with van der Waals surface area (Å²) in [7, 11) is -1.47. The predicted octanol–water partition coefficient (Wildman–Crippen LogP) is 1.35. The van der Waals surface area contributed by atoms with Crippen LogP contribution in [0.25, 0.3) is 0 Å². The van der Waals surface area contributed by atoms with E-state index in [9.17, 15) is 13.2 Å². The summed E-state index contributed by atoms with van der Waals surface area (Å²) < 4.78 is 26.9. The van der Waals surface area contributed by atoms with Gasteiger partial charge in [0, 0.05) is 11.5 Å². The normalized spacial score (nSPS) is 13.4. The molecule has 0 spiro atoms. The molecule has 0 rings (SSSR count). The second-order valence-corrected chi connectivity index (χ2v) is 7.21. The van der Waals surface area contributed by atoms with Gasteiger partial charge in [0.25, 0.3) is 0 Å². The zero-order chi connectivity index (χ0) is 12.6. The lowest BCUT2D eigenvalue weighted by molar-refractivity contribution is -0.143. The third kappa shape index (κ3) is 7.11. The Morgan fingerprint density at radius 3 is 2.56 bits per heavy atom. The number of ether oxygens (including phenoxy) is 1. The number of methoxy groups -OCH3 is 1. The minimum atomic E-state index is -2.85. The summed E-state index contributed by atoms with van der Waals surface area (Å²) in [5.41, 5.74) is 0. The van der Waals surface area contributed by atoms with E-state index in [1.54, 1.807) is 18.7 Å². The predicted molar refractivity (Wildman–Crippen MR) is 67.4 cm³/mol. The first-order valence-corrected chi connectivity index (χ1v) is 8.26. The van der Waals surface area contributed by atoms with Crippen LogP contribution in [0.1, 0.15) is 20.3 Å². The van der Waals surface area contributed by atoms with Gasteiger partial charge in [-0.25, -0.2) is 8.42 Å². The van der Waals surface area contributed by atoms with Crippen molar-refractivity contribution in [3.63, 3.8) is 0 Å². The van der Waals surface area contributed by atoms with Crippen molar-refractivity contribution in [2.24, 2.45) is 5.92 Å². The molecule has 1 atom stereocenters. The molecule has 0 radical (unpaired) electrons. The SMILES string of the molecule is CCS(=O)(=O)CCCSCC(C)C(=O)OC. The van der Waals surface area contributed by atoms with E-state index in [4.69, 9.17) is 0 Å². The summed E-state index contributed by atoms with van der Waals surface area (Å²) in [5, 5.41) is 0. The van der Waals surface area contributed by atoms with Crippen molar-refractivity contribution in [1.29, 1.82) is 0 Å². The molecule has 0 N–H and O–H groups in total. The quantitative estimate of drug-likeness (QED) is 0.491. The van der Waals surface area contributed by atoms with Gasteiger partial charge in [-0.3, -0.25) is 4.79 Å². The van der Waals surface area contributed by atoms with Crippen LogP contribution in [0.15, 0.2) is 0 Å². The van der Waals surface area contributed by atoms with Crippen molar-refractivity contribution in [3.05, 3.63) is 0 Å². The average molecular weight is 268 g/mol. The number of hydrogen-bond donors (Lipinski definition) is 0. The number of thioether (sulfide) groups is 1. The van der Waals surface area contributed by atoms with Crippen molar-refractivity contribution >= 4 is 27.6 Å². The van der Waals surface area contributed by atoms with Crippen molar-refractivity contribution in [2.45, 2.75) is 20.3 Å². The van der Waals surface area contributed by atoms with Gasteiger partial charge in [-0.1, -0.05) is 13.8 Å². The van der Waals surface area contributed by atoms with E-state index in [0.717, 1.165) is 5.75 Å². The standard InChI is InChI=1S/C10H20O4S2/c1-4-16(12,13)7-5-6-15-8-9(2)10(11)14-3/h9H,4-8H2,1-3H3. The fraction of sp³-hybridized carbons (Fsp3) is 0.900. The second-order valence-electron chi connectivity index (χ2n) is 3.59. The molecule has 0 aromatic rings. The highest BCUT2D eigenvalue weighted by atomic mass is 32.2. The summed E-state index contributed by atoms with van der Waals surface area (Å²) in [6.45, 7) is 3.46. The summed E-state index contributed by atoms with van der Waals surface area (Å²) in [5.74, 6) is 1.55. The Balaban J connectivity index is 3.58. The molecule has 16 heavy (non-hydrogen) atoms. The lowest BCUT2D eigenvalue weighted by Crippen LogP contribution is -2.15. The van der Waals surface area contributed by atoms with Gasteiger partial charge in [0.1, 0.15) is 9.84 Å². The highest BCUT2D eigenvalue weighted by Gasteiger charge is 2.13. The molecular weight excluding hydrogens is 248 g/mol. The first kappa shape index (κ1) is 15.8. The Morgan fingerprint density at radius 1 is 1.44 bits per heavy atom. The van der Waals surface area contributed by atoms with Gasteiger partial charge in [0.2, 0.25) is 0 Å². The minimum absolute atomic E-state index is 0.127. The van der Waals surface area contributed by atoms with Crippen LogP contribution in [0.5, 0.6) is 0 Å². The molecule has 0 bridgehead atoms. The van der Waals surface area contributed by atoms with E-state index >= 15 is 0 Å². The van der Waals surface area contributed by atoms with Crippen molar-refractivity contribution in [3.8, 4) is 0 Å². The zero-order valence-electron chi connectivity index (χ0n) is 10.1. The molecule has 0 fully saturated rings. The highest BCUT2D eigenvalue weighted by Crippen LogP contribution is 2.11. The maximum absolute atomic E-state index is 11.2. The molecule has 4 nitrogen and oxygen atoms in total. The van der Waals surface area contributed by atoms with Gasteiger partial charge in [0.05, 0.1) is 18.8 Å². The third-order valence-corrected chi connectivity index (χ3v) is 5.26. The number of hydrogen-bond acceptors (Lipinski definition) is 5. The number of esters is 1. The summed E-state index contributed by atoms with van der Waals surface area (Å²) in [4.78, 5) is 11.0. The average Bonchev–Trinajstić information content (AvgIpc) is 2.27. The van der Waals surface area contributed by atoms with E-state index in [-0.39, 0.29) is 23.4 Å². The molecule has 0 aliphatic rings. The third-order valence-electron chi connectivity index (χ3n) is 2.16. The van der Waals surface area contributed by atoms with Crippen LogP contribution < -0.4 is 0 Å². The molecular formula is C10H20O4S2. The summed E-state index contributed by atoms with van der Waals surface area (Å²) in [6.07, 6.45) is 0.648. The Labute approximate surface area is 102 Å². The van der Waals surface area contributed by atoms with Crippen LogP contribution in [0.4, 0.5) is 0 Å². The van der Waals surface area contributed by atoms with Crippen molar-refractivity contribution in [2.75, 3.05) is 30.1 Å². The Bertz CT molecular complexity index is 298. The fourth-order valence-electron chi connectivity index (χ4n) is 1.05. The van der Waals surface area contributed by atoms with E-state index in [1.165, 1.54) is 7.11 Å². The molecule has 1 unspecified atom stereocenters. The van der Waals surface area contributed by atoms with Crippen LogP contribution in [0.3, 0.4) is 0 Å². The van der Waals surface area contributed by atoms with Crippen LogP contribution in [0, 0.1) is 5.92 Å². The lowest BCUT2D eigenvalue weighted by Gasteiger charge is -2.08. The van der Waals surface area contributed by atoms with Gasteiger partial charge in [0.15, 0.2) is 0 Å². The van der Waals surface area contributed by atoms with Gasteiger partial charge in [-0.15, -0.1) is 0 Å². The van der Waals surface area contributed by atoms with E-state index < -0.39 is 9.84 Å². The smallest absolute Gasteiger partial charge is 0.309 e.